The Morgan fingerprint density at radius 2 is 2.12 bits per heavy atom. The molecule has 0 radical (unpaired) electrons. The van der Waals surface area contributed by atoms with E-state index in [4.69, 9.17) is 4.42 Å². The minimum Gasteiger partial charge on any atom is -0.469 e. The molecule has 92 valence electrons. The van der Waals surface area contributed by atoms with Crippen molar-refractivity contribution in [2.45, 2.75) is 58.4 Å². The Hall–Kier alpha value is -0.760. The first-order valence-electron chi connectivity index (χ1n) is 6.62. The van der Waals surface area contributed by atoms with Gasteiger partial charge in [0.1, 0.15) is 5.76 Å². The molecule has 1 unspecified atom stereocenters. The number of nitrogens with one attached hydrogen (secondary N) is 1. The van der Waals surface area contributed by atoms with Crippen LogP contribution in [0, 0.1) is 0 Å². The van der Waals surface area contributed by atoms with E-state index in [2.05, 4.69) is 25.2 Å². The second-order valence-electron chi connectivity index (χ2n) is 4.43. The van der Waals surface area contributed by atoms with Crippen LogP contribution in [0.4, 0.5) is 0 Å². The average Bonchev–Trinajstić information content (AvgIpc) is 2.78. The third-order valence-electron chi connectivity index (χ3n) is 2.87. The van der Waals surface area contributed by atoms with Gasteiger partial charge in [0, 0.05) is 12.5 Å². The molecule has 1 heterocycles. The van der Waals surface area contributed by atoms with Crippen LogP contribution in [0.1, 0.15) is 51.7 Å². The number of hydrogen-bond acceptors (Lipinski definition) is 2. The first-order chi connectivity index (χ1) is 7.86. The molecule has 1 N–H and O–H groups in total. The zero-order valence-electron chi connectivity index (χ0n) is 10.7. The van der Waals surface area contributed by atoms with Gasteiger partial charge in [-0.15, -0.1) is 0 Å². The Labute approximate surface area is 99.4 Å². The summed E-state index contributed by atoms with van der Waals surface area (Å²) in [5.74, 6) is 1.10. The maximum Gasteiger partial charge on any atom is 0.105 e. The third kappa shape index (κ3) is 5.36. The van der Waals surface area contributed by atoms with Gasteiger partial charge in [-0.2, -0.15) is 0 Å². The summed E-state index contributed by atoms with van der Waals surface area (Å²) in [7, 11) is 0. The van der Waals surface area contributed by atoms with Crippen LogP contribution in [0.2, 0.25) is 0 Å². The van der Waals surface area contributed by atoms with Gasteiger partial charge >= 0.3 is 0 Å². The minimum absolute atomic E-state index is 0.581. The molecule has 1 atom stereocenters. The molecule has 1 rings (SSSR count). The molecule has 0 amide bonds. The largest absolute Gasteiger partial charge is 0.469 e. The van der Waals surface area contributed by atoms with Crippen LogP contribution in [-0.2, 0) is 6.42 Å². The standard InChI is InChI=1S/C14H25NO/c1-3-5-6-8-13(15-10-4-2)12-14-9-7-11-16-14/h7,9,11,13,15H,3-6,8,10,12H2,1-2H3. The second-order valence-corrected chi connectivity index (χ2v) is 4.43. The fraction of sp³-hybridized carbons (Fsp3) is 0.714. The van der Waals surface area contributed by atoms with Gasteiger partial charge in [0.15, 0.2) is 0 Å². The van der Waals surface area contributed by atoms with Crippen molar-refractivity contribution in [2.75, 3.05) is 6.54 Å². The fourth-order valence-electron chi connectivity index (χ4n) is 1.94. The summed E-state index contributed by atoms with van der Waals surface area (Å²) in [6.45, 7) is 5.57. The number of unbranched alkanes of at least 4 members (excludes halogenated alkanes) is 2. The first kappa shape index (κ1) is 13.3. The number of hydrogen-bond donors (Lipinski definition) is 1. The van der Waals surface area contributed by atoms with Gasteiger partial charge in [0.05, 0.1) is 6.26 Å². The summed E-state index contributed by atoms with van der Waals surface area (Å²) in [5.41, 5.74) is 0. The lowest BCUT2D eigenvalue weighted by atomic mass is 10.0. The summed E-state index contributed by atoms with van der Waals surface area (Å²) in [6.07, 6.45) is 9.19. The molecule has 2 heteroatoms. The van der Waals surface area contributed by atoms with Crippen LogP contribution in [0.5, 0.6) is 0 Å². The van der Waals surface area contributed by atoms with E-state index >= 15 is 0 Å². The van der Waals surface area contributed by atoms with E-state index in [1.807, 2.05) is 6.07 Å². The molecule has 0 aliphatic rings. The molecule has 0 aliphatic carbocycles. The molecular formula is C14H25NO. The van der Waals surface area contributed by atoms with Crippen molar-refractivity contribution in [1.29, 1.82) is 0 Å². The Morgan fingerprint density at radius 1 is 1.25 bits per heavy atom. The highest BCUT2D eigenvalue weighted by Crippen LogP contribution is 2.10. The fourth-order valence-corrected chi connectivity index (χ4v) is 1.94. The van der Waals surface area contributed by atoms with Gasteiger partial charge in [-0.05, 0) is 31.5 Å². The molecule has 0 bridgehead atoms. The smallest absolute Gasteiger partial charge is 0.105 e. The van der Waals surface area contributed by atoms with E-state index in [-0.39, 0.29) is 0 Å². The molecule has 1 aromatic rings. The SMILES string of the molecule is CCCCCC(Cc1ccco1)NCCC. The van der Waals surface area contributed by atoms with E-state index < -0.39 is 0 Å². The molecule has 0 spiro atoms. The van der Waals surface area contributed by atoms with Crippen LogP contribution < -0.4 is 5.32 Å². The van der Waals surface area contributed by atoms with Gasteiger partial charge < -0.3 is 9.73 Å². The number of furan rings is 1. The zero-order chi connectivity index (χ0) is 11.6. The highest BCUT2D eigenvalue weighted by Gasteiger charge is 2.09. The monoisotopic (exact) mass is 223 g/mol. The molecule has 0 saturated heterocycles. The van der Waals surface area contributed by atoms with Crippen LogP contribution >= 0.6 is 0 Å². The molecule has 0 fully saturated rings. The zero-order valence-corrected chi connectivity index (χ0v) is 10.7. The Bertz CT molecular complexity index is 243. The summed E-state index contributed by atoms with van der Waals surface area (Å²) in [4.78, 5) is 0. The van der Waals surface area contributed by atoms with Crippen molar-refractivity contribution < 1.29 is 4.42 Å². The van der Waals surface area contributed by atoms with Gasteiger partial charge in [-0.3, -0.25) is 0 Å². The molecule has 0 saturated carbocycles. The van der Waals surface area contributed by atoms with E-state index in [0.29, 0.717) is 6.04 Å². The van der Waals surface area contributed by atoms with E-state index in [1.165, 1.54) is 32.1 Å². The molecule has 1 aromatic heterocycles. The van der Waals surface area contributed by atoms with Gasteiger partial charge in [0.25, 0.3) is 0 Å². The normalized spacial score (nSPS) is 12.9. The molecule has 0 aliphatic heterocycles. The molecule has 16 heavy (non-hydrogen) atoms. The Morgan fingerprint density at radius 3 is 2.75 bits per heavy atom. The predicted octanol–water partition coefficient (Wildman–Crippen LogP) is 3.77. The maximum atomic E-state index is 5.41. The van der Waals surface area contributed by atoms with Crippen LogP contribution in [0.15, 0.2) is 22.8 Å². The van der Waals surface area contributed by atoms with Crippen LogP contribution in [0.25, 0.3) is 0 Å². The van der Waals surface area contributed by atoms with Crippen molar-refractivity contribution in [1.82, 2.24) is 5.32 Å². The first-order valence-corrected chi connectivity index (χ1v) is 6.62. The van der Waals surface area contributed by atoms with E-state index in [0.717, 1.165) is 18.7 Å². The summed E-state index contributed by atoms with van der Waals surface area (Å²) < 4.78 is 5.41. The van der Waals surface area contributed by atoms with Crippen molar-refractivity contribution in [3.8, 4) is 0 Å². The average molecular weight is 223 g/mol. The quantitative estimate of drug-likeness (QED) is 0.645. The summed E-state index contributed by atoms with van der Waals surface area (Å²) in [5, 5.41) is 3.61. The van der Waals surface area contributed by atoms with Crippen molar-refractivity contribution in [2.24, 2.45) is 0 Å². The van der Waals surface area contributed by atoms with Crippen molar-refractivity contribution >= 4 is 0 Å². The summed E-state index contributed by atoms with van der Waals surface area (Å²) in [6, 6.07) is 4.62. The van der Waals surface area contributed by atoms with Gasteiger partial charge in [-0.1, -0.05) is 33.1 Å². The van der Waals surface area contributed by atoms with Crippen LogP contribution in [0.3, 0.4) is 0 Å². The van der Waals surface area contributed by atoms with E-state index in [9.17, 15) is 0 Å². The number of rotatable bonds is 9. The Kier molecular flexibility index (Phi) is 6.98. The highest BCUT2D eigenvalue weighted by molar-refractivity contribution is 5.00. The van der Waals surface area contributed by atoms with Gasteiger partial charge in [-0.25, -0.2) is 0 Å². The van der Waals surface area contributed by atoms with E-state index in [1.54, 1.807) is 6.26 Å². The van der Waals surface area contributed by atoms with Gasteiger partial charge in [0.2, 0.25) is 0 Å². The lowest BCUT2D eigenvalue weighted by molar-refractivity contribution is 0.413. The predicted molar refractivity (Wildman–Crippen MR) is 68.6 cm³/mol. The highest BCUT2D eigenvalue weighted by atomic mass is 16.3. The Balaban J connectivity index is 2.31. The molecule has 0 aromatic carbocycles. The topological polar surface area (TPSA) is 25.2 Å². The van der Waals surface area contributed by atoms with Crippen molar-refractivity contribution in [3.63, 3.8) is 0 Å². The van der Waals surface area contributed by atoms with Crippen LogP contribution in [-0.4, -0.2) is 12.6 Å². The second kappa shape index (κ2) is 8.40. The third-order valence-corrected chi connectivity index (χ3v) is 2.87. The molecule has 2 nitrogen and oxygen atoms in total. The lowest BCUT2D eigenvalue weighted by Crippen LogP contribution is -2.31. The van der Waals surface area contributed by atoms with Crippen molar-refractivity contribution in [3.05, 3.63) is 24.2 Å². The summed E-state index contributed by atoms with van der Waals surface area (Å²) >= 11 is 0. The molecular weight excluding hydrogens is 198 g/mol. The lowest BCUT2D eigenvalue weighted by Gasteiger charge is -2.17. The minimum atomic E-state index is 0.581. The maximum absolute atomic E-state index is 5.41.